The molecule has 0 saturated heterocycles. The molecule has 1 aromatic carbocycles. The molecule has 9 nitrogen and oxygen atoms in total. The van der Waals surface area contributed by atoms with E-state index in [4.69, 9.17) is 0 Å². The van der Waals surface area contributed by atoms with Gasteiger partial charge in [-0.05, 0) is 32.0 Å². The van der Waals surface area contributed by atoms with Crippen LogP contribution in [0.4, 0.5) is 10.1 Å². The lowest BCUT2D eigenvalue weighted by Gasteiger charge is -2.23. The summed E-state index contributed by atoms with van der Waals surface area (Å²) < 4.78 is 42.0. The smallest absolute Gasteiger partial charge is 0.337 e. The Bertz CT molecular complexity index is 1110. The number of halogens is 1. The van der Waals surface area contributed by atoms with Gasteiger partial charge < -0.3 is 5.11 Å². The lowest BCUT2D eigenvalue weighted by atomic mass is 10.1. The molecule has 0 spiro atoms. The van der Waals surface area contributed by atoms with Gasteiger partial charge in [-0.2, -0.15) is 13.4 Å². The number of para-hydroxylation sites is 1. The Morgan fingerprint density at radius 1 is 1.31 bits per heavy atom. The monoisotopic (exact) mass is 379 g/mol. The van der Waals surface area contributed by atoms with E-state index in [2.05, 4.69) is 15.1 Å². The van der Waals surface area contributed by atoms with Crippen molar-refractivity contribution in [3.63, 3.8) is 0 Å². The molecule has 0 amide bonds. The Morgan fingerprint density at radius 2 is 2.04 bits per heavy atom. The summed E-state index contributed by atoms with van der Waals surface area (Å²) >= 11 is 0. The van der Waals surface area contributed by atoms with Gasteiger partial charge in [-0.3, -0.25) is 4.31 Å². The lowest BCUT2D eigenvalue weighted by molar-refractivity contribution is 0.0697. The summed E-state index contributed by atoms with van der Waals surface area (Å²) in [5, 5.41) is 12.5. The minimum Gasteiger partial charge on any atom is -0.478 e. The highest BCUT2D eigenvalue weighted by Gasteiger charge is 2.33. The average Bonchev–Trinajstić information content (AvgIpc) is 3.00. The summed E-state index contributed by atoms with van der Waals surface area (Å²) in [6.45, 7) is 2.94. The van der Waals surface area contributed by atoms with Crippen molar-refractivity contribution in [1.82, 2.24) is 19.6 Å². The second-order valence-corrected chi connectivity index (χ2v) is 7.07. The molecule has 0 aliphatic rings. The van der Waals surface area contributed by atoms with Crippen LogP contribution in [-0.2, 0) is 10.0 Å². The number of aryl methyl sites for hydroxylation is 1. The standard InChI is InChI=1S/C15H14FN5O4S/c1-3-21(12-10(13(22)23)5-4-6-11(12)16)26(24,25)15-18-14-17-9(2)7-8-20(14)19-15/h4-8H,3H2,1-2H3,(H,22,23). The van der Waals surface area contributed by atoms with Gasteiger partial charge in [0.2, 0.25) is 0 Å². The van der Waals surface area contributed by atoms with Gasteiger partial charge in [-0.25, -0.2) is 18.7 Å². The van der Waals surface area contributed by atoms with E-state index >= 15 is 0 Å². The number of sulfonamides is 1. The van der Waals surface area contributed by atoms with Crippen LogP contribution in [0.2, 0.25) is 0 Å². The third-order valence-corrected chi connectivity index (χ3v) is 5.26. The Kier molecular flexibility index (Phi) is 4.32. The third kappa shape index (κ3) is 2.86. The number of carbonyl (C=O) groups is 1. The number of nitrogens with zero attached hydrogens (tertiary/aromatic N) is 5. The summed E-state index contributed by atoms with van der Waals surface area (Å²) in [4.78, 5) is 19.4. The fourth-order valence-electron chi connectivity index (χ4n) is 2.44. The van der Waals surface area contributed by atoms with E-state index in [9.17, 15) is 22.7 Å². The summed E-state index contributed by atoms with van der Waals surface area (Å²) in [5.74, 6) is -2.37. The van der Waals surface area contributed by atoms with Gasteiger partial charge in [0, 0.05) is 18.4 Å². The highest BCUT2D eigenvalue weighted by atomic mass is 32.2. The largest absolute Gasteiger partial charge is 0.478 e. The molecule has 0 atom stereocenters. The molecule has 0 saturated carbocycles. The van der Waals surface area contributed by atoms with Crippen molar-refractivity contribution in [1.29, 1.82) is 0 Å². The van der Waals surface area contributed by atoms with Gasteiger partial charge in [-0.1, -0.05) is 6.07 Å². The average molecular weight is 379 g/mol. The van der Waals surface area contributed by atoms with E-state index in [0.717, 1.165) is 12.1 Å². The normalized spacial score (nSPS) is 11.7. The summed E-state index contributed by atoms with van der Waals surface area (Å²) in [6, 6.07) is 4.93. The van der Waals surface area contributed by atoms with Crippen LogP contribution in [0, 0.1) is 12.7 Å². The maximum Gasteiger partial charge on any atom is 0.337 e. The van der Waals surface area contributed by atoms with E-state index < -0.39 is 38.2 Å². The molecule has 26 heavy (non-hydrogen) atoms. The van der Waals surface area contributed by atoms with Crippen LogP contribution in [0.3, 0.4) is 0 Å². The molecule has 3 rings (SSSR count). The maximum atomic E-state index is 14.3. The van der Waals surface area contributed by atoms with Gasteiger partial charge in [-0.15, -0.1) is 5.10 Å². The number of benzene rings is 1. The molecule has 0 aliphatic heterocycles. The van der Waals surface area contributed by atoms with Crippen molar-refractivity contribution in [2.75, 3.05) is 10.8 Å². The number of carboxylic acid groups (broad SMARTS) is 1. The van der Waals surface area contributed by atoms with Crippen LogP contribution in [0.1, 0.15) is 23.0 Å². The molecule has 0 unspecified atom stereocenters. The summed E-state index contributed by atoms with van der Waals surface area (Å²) in [6.07, 6.45) is 1.49. The van der Waals surface area contributed by atoms with Crippen molar-refractivity contribution in [3.05, 3.63) is 47.5 Å². The first kappa shape index (κ1) is 17.7. The van der Waals surface area contributed by atoms with Crippen LogP contribution in [0.15, 0.2) is 35.6 Å². The molecule has 2 aromatic heterocycles. The van der Waals surface area contributed by atoms with Crippen molar-refractivity contribution < 1.29 is 22.7 Å². The minimum atomic E-state index is -4.41. The zero-order chi connectivity index (χ0) is 19.1. The lowest BCUT2D eigenvalue weighted by Crippen LogP contribution is -2.33. The topological polar surface area (TPSA) is 118 Å². The molecule has 0 bridgehead atoms. The predicted molar refractivity (Wildman–Crippen MR) is 89.1 cm³/mol. The van der Waals surface area contributed by atoms with E-state index in [1.807, 2.05) is 0 Å². The molecular weight excluding hydrogens is 365 g/mol. The van der Waals surface area contributed by atoms with Gasteiger partial charge in [0.25, 0.3) is 10.9 Å². The van der Waals surface area contributed by atoms with Crippen LogP contribution >= 0.6 is 0 Å². The molecule has 3 aromatic rings. The fraction of sp³-hybridized carbons (Fsp3) is 0.200. The van der Waals surface area contributed by atoms with Crippen molar-refractivity contribution in [3.8, 4) is 0 Å². The number of hydrogen-bond donors (Lipinski definition) is 1. The molecule has 136 valence electrons. The number of hydrogen-bond acceptors (Lipinski definition) is 6. The predicted octanol–water partition coefficient (Wildman–Crippen LogP) is 1.49. The Morgan fingerprint density at radius 3 is 2.69 bits per heavy atom. The summed E-state index contributed by atoms with van der Waals surface area (Å²) in [5.41, 5.74) is -0.429. The van der Waals surface area contributed by atoms with Crippen molar-refractivity contribution in [2.45, 2.75) is 19.0 Å². The van der Waals surface area contributed by atoms with Crippen LogP contribution < -0.4 is 4.31 Å². The Labute approximate surface area is 147 Å². The number of rotatable bonds is 5. The van der Waals surface area contributed by atoms with Gasteiger partial charge in [0.1, 0.15) is 11.5 Å². The second kappa shape index (κ2) is 6.33. The molecule has 1 N–H and O–H groups in total. The molecule has 0 fully saturated rings. The fourth-order valence-corrected chi connectivity index (χ4v) is 3.79. The van der Waals surface area contributed by atoms with E-state index in [-0.39, 0.29) is 12.3 Å². The quantitative estimate of drug-likeness (QED) is 0.713. The van der Waals surface area contributed by atoms with Crippen molar-refractivity contribution in [2.24, 2.45) is 0 Å². The Balaban J connectivity index is 2.19. The third-order valence-electron chi connectivity index (χ3n) is 3.60. The summed E-state index contributed by atoms with van der Waals surface area (Å²) in [7, 11) is -4.41. The molecule has 0 aliphatic carbocycles. The number of carboxylic acids is 1. The SMILES string of the molecule is CCN(c1c(F)cccc1C(=O)O)S(=O)(=O)c1nc2nc(C)ccn2n1. The highest BCUT2D eigenvalue weighted by Crippen LogP contribution is 2.29. The van der Waals surface area contributed by atoms with Crippen molar-refractivity contribution >= 4 is 27.5 Å². The zero-order valence-electron chi connectivity index (χ0n) is 13.8. The zero-order valence-corrected chi connectivity index (χ0v) is 14.6. The van der Waals surface area contributed by atoms with Gasteiger partial charge in [0.15, 0.2) is 0 Å². The number of aromatic carboxylic acids is 1. The second-order valence-electron chi connectivity index (χ2n) is 5.32. The first-order valence-corrected chi connectivity index (χ1v) is 8.94. The number of anilines is 1. The molecule has 2 heterocycles. The highest BCUT2D eigenvalue weighted by molar-refractivity contribution is 7.92. The maximum absolute atomic E-state index is 14.3. The minimum absolute atomic E-state index is 0.0617. The first-order chi connectivity index (χ1) is 12.3. The number of aromatic nitrogens is 4. The first-order valence-electron chi connectivity index (χ1n) is 7.50. The molecule has 0 radical (unpaired) electrons. The van der Waals surface area contributed by atoms with E-state index in [0.29, 0.717) is 10.00 Å². The van der Waals surface area contributed by atoms with Crippen LogP contribution in [-0.4, -0.2) is 45.6 Å². The van der Waals surface area contributed by atoms with E-state index in [1.165, 1.54) is 23.7 Å². The number of fused-ring (bicyclic) bond motifs is 1. The molecular formula is C15H14FN5O4S. The van der Waals surface area contributed by atoms with Gasteiger partial charge >= 0.3 is 16.0 Å². The van der Waals surface area contributed by atoms with Crippen LogP contribution in [0.5, 0.6) is 0 Å². The van der Waals surface area contributed by atoms with Crippen LogP contribution in [0.25, 0.3) is 5.78 Å². The Hall–Kier alpha value is -3.08. The molecule has 11 heteroatoms. The van der Waals surface area contributed by atoms with Gasteiger partial charge in [0.05, 0.1) is 5.56 Å². The van der Waals surface area contributed by atoms with E-state index in [1.54, 1.807) is 13.0 Å².